The predicted octanol–water partition coefficient (Wildman–Crippen LogP) is 4.47. The van der Waals surface area contributed by atoms with E-state index in [2.05, 4.69) is 30.9 Å². The van der Waals surface area contributed by atoms with Crippen molar-refractivity contribution in [3.8, 4) is 11.4 Å². The van der Waals surface area contributed by atoms with Crippen molar-refractivity contribution in [1.82, 2.24) is 35.6 Å². The molecule has 2 amide bonds. The van der Waals surface area contributed by atoms with Crippen LogP contribution in [0, 0.1) is 11.2 Å². The SMILES string of the molecule is CC(C)(C)[C@H](NC(=O)c1nn(Cc2ccc(F)cc2)c2ccccc12)C(=O)NCc1nc(-c2ccccc2)n[nH]1. The van der Waals surface area contributed by atoms with E-state index < -0.39 is 17.4 Å². The van der Waals surface area contributed by atoms with Gasteiger partial charge in [-0.1, -0.05) is 81.4 Å². The predicted molar refractivity (Wildman–Crippen MR) is 150 cm³/mol. The maximum atomic E-state index is 13.5. The largest absolute Gasteiger partial charge is 0.347 e. The van der Waals surface area contributed by atoms with E-state index in [-0.39, 0.29) is 24.0 Å². The molecule has 0 saturated carbocycles. The molecule has 10 heteroatoms. The van der Waals surface area contributed by atoms with Crippen LogP contribution in [0.4, 0.5) is 4.39 Å². The average Bonchev–Trinajstić information content (AvgIpc) is 3.57. The number of amides is 2. The number of fused-ring (bicyclic) bond motifs is 1. The second-order valence-corrected chi connectivity index (χ2v) is 10.6. The summed E-state index contributed by atoms with van der Waals surface area (Å²) < 4.78 is 15.1. The number of aromatic nitrogens is 5. The highest BCUT2D eigenvalue weighted by molar-refractivity contribution is 6.06. The van der Waals surface area contributed by atoms with Gasteiger partial charge >= 0.3 is 0 Å². The highest BCUT2D eigenvalue weighted by Crippen LogP contribution is 2.23. The van der Waals surface area contributed by atoms with E-state index in [1.165, 1.54) is 12.1 Å². The summed E-state index contributed by atoms with van der Waals surface area (Å²) in [6, 6.07) is 22.2. The standard InChI is InChI=1S/C30H30FN7O2/c1-30(2,3)26(29(40)32-17-24-33-27(36-35-24)20-9-5-4-6-10-20)34-28(39)25-22-11-7-8-12-23(22)38(37-25)18-19-13-15-21(31)16-14-19/h4-16,26H,17-18H2,1-3H3,(H,32,40)(H,34,39)(H,33,35,36)/t26-/m1/s1. The quantitative estimate of drug-likeness (QED) is 0.269. The number of nitrogens with one attached hydrogen (secondary N) is 3. The van der Waals surface area contributed by atoms with Crippen molar-refractivity contribution in [3.05, 3.63) is 102 Å². The van der Waals surface area contributed by atoms with Crippen molar-refractivity contribution in [2.45, 2.75) is 39.9 Å². The Balaban J connectivity index is 1.32. The topological polar surface area (TPSA) is 118 Å². The number of para-hydroxylation sites is 1. The first-order valence-corrected chi connectivity index (χ1v) is 12.9. The Kier molecular flexibility index (Phi) is 7.41. The van der Waals surface area contributed by atoms with Crippen molar-refractivity contribution >= 4 is 22.7 Å². The van der Waals surface area contributed by atoms with Crippen LogP contribution < -0.4 is 10.6 Å². The molecule has 2 aromatic heterocycles. The number of carbonyl (C=O) groups excluding carboxylic acids is 2. The number of hydrogen-bond acceptors (Lipinski definition) is 5. The third-order valence-corrected chi connectivity index (χ3v) is 6.52. The molecule has 5 rings (SSSR count). The van der Waals surface area contributed by atoms with E-state index >= 15 is 0 Å². The molecule has 0 radical (unpaired) electrons. The fourth-order valence-corrected chi connectivity index (χ4v) is 4.42. The Hall–Kier alpha value is -4.86. The summed E-state index contributed by atoms with van der Waals surface area (Å²) in [7, 11) is 0. The molecule has 0 aliphatic carbocycles. The van der Waals surface area contributed by atoms with Gasteiger partial charge in [0.2, 0.25) is 5.91 Å². The molecule has 0 unspecified atom stereocenters. The van der Waals surface area contributed by atoms with Gasteiger partial charge in [-0.25, -0.2) is 9.37 Å². The lowest BCUT2D eigenvalue weighted by atomic mass is 9.86. The van der Waals surface area contributed by atoms with Crippen LogP contribution in [0.5, 0.6) is 0 Å². The van der Waals surface area contributed by atoms with Crippen LogP contribution in [-0.4, -0.2) is 42.8 Å². The molecule has 3 aromatic carbocycles. The van der Waals surface area contributed by atoms with Crippen molar-refractivity contribution in [1.29, 1.82) is 0 Å². The molecule has 5 aromatic rings. The van der Waals surface area contributed by atoms with Crippen LogP contribution in [0.2, 0.25) is 0 Å². The van der Waals surface area contributed by atoms with Crippen LogP contribution in [-0.2, 0) is 17.9 Å². The molecule has 0 bridgehead atoms. The summed E-state index contributed by atoms with van der Waals surface area (Å²) in [6.07, 6.45) is 0. The molecular weight excluding hydrogens is 509 g/mol. The number of aromatic amines is 1. The van der Waals surface area contributed by atoms with Crippen molar-refractivity contribution in [2.24, 2.45) is 5.41 Å². The number of rotatable bonds is 8. The third-order valence-electron chi connectivity index (χ3n) is 6.52. The first-order valence-electron chi connectivity index (χ1n) is 12.9. The molecule has 0 spiro atoms. The van der Waals surface area contributed by atoms with Gasteiger partial charge in [0, 0.05) is 10.9 Å². The molecule has 9 nitrogen and oxygen atoms in total. The molecule has 40 heavy (non-hydrogen) atoms. The first kappa shape index (κ1) is 26.7. The average molecular weight is 540 g/mol. The Bertz CT molecular complexity index is 1640. The fourth-order valence-electron chi connectivity index (χ4n) is 4.42. The summed E-state index contributed by atoms with van der Waals surface area (Å²) in [4.78, 5) is 31.3. The molecule has 2 heterocycles. The highest BCUT2D eigenvalue weighted by Gasteiger charge is 2.34. The molecular formula is C30H30FN7O2. The molecule has 0 aliphatic heterocycles. The van der Waals surface area contributed by atoms with Gasteiger partial charge in [0.05, 0.1) is 18.6 Å². The van der Waals surface area contributed by atoms with E-state index in [1.54, 1.807) is 16.8 Å². The Labute approximate surface area is 230 Å². The summed E-state index contributed by atoms with van der Waals surface area (Å²) >= 11 is 0. The van der Waals surface area contributed by atoms with E-state index in [0.29, 0.717) is 23.6 Å². The number of carbonyl (C=O) groups is 2. The van der Waals surface area contributed by atoms with Gasteiger partial charge in [-0.3, -0.25) is 19.4 Å². The minimum Gasteiger partial charge on any atom is -0.347 e. The maximum absolute atomic E-state index is 13.5. The zero-order chi connectivity index (χ0) is 28.3. The molecule has 1 atom stereocenters. The van der Waals surface area contributed by atoms with E-state index in [0.717, 1.165) is 16.6 Å². The zero-order valence-corrected chi connectivity index (χ0v) is 22.5. The molecule has 0 saturated heterocycles. The van der Waals surface area contributed by atoms with Crippen LogP contribution in [0.1, 0.15) is 42.6 Å². The second-order valence-electron chi connectivity index (χ2n) is 10.6. The fraction of sp³-hybridized carbons (Fsp3) is 0.233. The summed E-state index contributed by atoms with van der Waals surface area (Å²) in [6.45, 7) is 6.12. The number of H-pyrrole nitrogens is 1. The monoisotopic (exact) mass is 539 g/mol. The van der Waals surface area contributed by atoms with E-state index in [1.807, 2.05) is 75.4 Å². The maximum Gasteiger partial charge on any atom is 0.273 e. The van der Waals surface area contributed by atoms with Gasteiger partial charge < -0.3 is 10.6 Å². The highest BCUT2D eigenvalue weighted by atomic mass is 19.1. The van der Waals surface area contributed by atoms with Gasteiger partial charge in [0.25, 0.3) is 5.91 Å². The molecule has 3 N–H and O–H groups in total. The van der Waals surface area contributed by atoms with Crippen LogP contribution in [0.3, 0.4) is 0 Å². The summed E-state index contributed by atoms with van der Waals surface area (Å²) in [5.74, 6) is -0.102. The van der Waals surface area contributed by atoms with Crippen molar-refractivity contribution in [2.75, 3.05) is 0 Å². The first-order chi connectivity index (χ1) is 19.2. The zero-order valence-electron chi connectivity index (χ0n) is 22.5. The van der Waals surface area contributed by atoms with Gasteiger partial charge in [-0.15, -0.1) is 0 Å². The Morgan fingerprint density at radius 3 is 2.40 bits per heavy atom. The van der Waals surface area contributed by atoms with Gasteiger partial charge in [0.1, 0.15) is 17.7 Å². The van der Waals surface area contributed by atoms with Crippen molar-refractivity contribution in [3.63, 3.8) is 0 Å². The van der Waals surface area contributed by atoms with Crippen molar-refractivity contribution < 1.29 is 14.0 Å². The number of halogens is 1. The summed E-state index contributed by atoms with van der Waals surface area (Å²) in [5, 5.41) is 18.1. The van der Waals surface area contributed by atoms with E-state index in [4.69, 9.17) is 0 Å². The molecule has 204 valence electrons. The van der Waals surface area contributed by atoms with Gasteiger partial charge in [-0.2, -0.15) is 10.2 Å². The van der Waals surface area contributed by atoms with E-state index in [9.17, 15) is 14.0 Å². The smallest absolute Gasteiger partial charge is 0.273 e. The second kappa shape index (κ2) is 11.1. The number of hydrogen-bond donors (Lipinski definition) is 3. The molecule has 0 aliphatic rings. The minimum absolute atomic E-state index is 0.121. The van der Waals surface area contributed by atoms with Gasteiger partial charge in [-0.05, 0) is 29.2 Å². The lowest BCUT2D eigenvalue weighted by Crippen LogP contribution is -2.53. The lowest BCUT2D eigenvalue weighted by Gasteiger charge is -2.30. The Morgan fingerprint density at radius 2 is 1.68 bits per heavy atom. The number of benzene rings is 3. The minimum atomic E-state index is -0.850. The number of nitrogens with zero attached hydrogens (tertiary/aromatic N) is 4. The third kappa shape index (κ3) is 5.90. The van der Waals surface area contributed by atoms with Crippen LogP contribution >= 0.6 is 0 Å². The molecule has 0 fully saturated rings. The normalized spacial score (nSPS) is 12.3. The lowest BCUT2D eigenvalue weighted by molar-refractivity contribution is -0.125. The Morgan fingerprint density at radius 1 is 0.975 bits per heavy atom. The van der Waals surface area contributed by atoms with Crippen LogP contribution in [0.25, 0.3) is 22.3 Å². The van der Waals surface area contributed by atoms with Crippen LogP contribution in [0.15, 0.2) is 78.9 Å². The van der Waals surface area contributed by atoms with Gasteiger partial charge in [0.15, 0.2) is 11.5 Å². The summed E-state index contributed by atoms with van der Waals surface area (Å²) in [5.41, 5.74) is 2.08.